The van der Waals surface area contributed by atoms with Gasteiger partial charge in [0.15, 0.2) is 0 Å². The van der Waals surface area contributed by atoms with Crippen LogP contribution >= 0.6 is 0 Å². The van der Waals surface area contributed by atoms with Gasteiger partial charge in [-0.3, -0.25) is 14.4 Å². The molecule has 27 nitrogen and oxygen atoms in total. The van der Waals surface area contributed by atoms with E-state index in [2.05, 4.69) is 41.3 Å². The number of carbonyl (C=O) groups excluding carboxylic acids is 4. The van der Waals surface area contributed by atoms with Gasteiger partial charge in [-0.15, -0.1) is 0 Å². The van der Waals surface area contributed by atoms with Crippen molar-refractivity contribution >= 4 is 23.8 Å². The second-order valence-corrected chi connectivity index (χ2v) is 14.8. The molecule has 0 saturated carbocycles. The molecule has 0 aromatic heterocycles. The molecule has 27 heteroatoms. The summed E-state index contributed by atoms with van der Waals surface area (Å²) in [5, 5.41) is 17.7. The number of rotatable bonds is 50. The first kappa shape index (κ1) is 63.8. The molecule has 0 aliphatic heterocycles. The normalized spacial score (nSPS) is 11.6. The molecule has 0 heterocycles. The summed E-state index contributed by atoms with van der Waals surface area (Å²) in [4.78, 5) is 54.2. The summed E-state index contributed by atoms with van der Waals surface area (Å²) in [6.07, 6.45) is -0.246. The van der Waals surface area contributed by atoms with Gasteiger partial charge in [0, 0.05) is 61.8 Å². The van der Waals surface area contributed by atoms with Crippen LogP contribution in [0.5, 0.6) is 0 Å². The van der Waals surface area contributed by atoms with Gasteiger partial charge < -0.3 is 82.8 Å². The van der Waals surface area contributed by atoms with E-state index < -0.39 is 17.7 Å². The monoisotopic (exact) mass is 983 g/mol. The van der Waals surface area contributed by atoms with Gasteiger partial charge in [0.25, 0.3) is 0 Å². The summed E-state index contributed by atoms with van der Waals surface area (Å²) < 4.78 is 70.6. The molecule has 0 radical (unpaired) electrons. The zero-order valence-electron chi connectivity index (χ0n) is 40.3. The molecule has 0 unspecified atom stereocenters. The Morgan fingerprint density at radius 1 is 0.426 bits per heavy atom. The van der Waals surface area contributed by atoms with Crippen molar-refractivity contribution in [1.82, 2.24) is 21.3 Å². The number of nitrogens with zero attached hydrogens (tertiary/aromatic N) is 6. The van der Waals surface area contributed by atoms with Gasteiger partial charge in [0.2, 0.25) is 17.7 Å². The highest BCUT2D eigenvalue weighted by Crippen LogP contribution is 2.06. The zero-order valence-corrected chi connectivity index (χ0v) is 40.3. The molecule has 0 aliphatic carbocycles. The molecule has 0 rings (SSSR count). The zero-order chi connectivity index (χ0) is 49.9. The van der Waals surface area contributed by atoms with E-state index in [9.17, 15) is 19.2 Å². The lowest BCUT2D eigenvalue weighted by atomic mass is 10.2. The lowest BCUT2D eigenvalue weighted by Crippen LogP contribution is -2.42. The predicted molar refractivity (Wildman–Crippen MR) is 244 cm³/mol. The second kappa shape index (κ2) is 49.2. The average Bonchev–Trinajstić information content (AvgIpc) is 3.30. The van der Waals surface area contributed by atoms with Crippen LogP contribution in [0.3, 0.4) is 0 Å². The Labute approximate surface area is 399 Å². The maximum Gasteiger partial charge on any atom is 0.407 e. The number of azide groups is 2. The Bertz CT molecular complexity index is 1280. The Balaban J connectivity index is 4.31. The predicted octanol–water partition coefficient (Wildman–Crippen LogP) is 1.22. The van der Waals surface area contributed by atoms with Gasteiger partial charge in [-0.2, -0.15) is 0 Å². The lowest BCUT2D eigenvalue weighted by Gasteiger charge is -2.19. The van der Waals surface area contributed by atoms with Gasteiger partial charge in [-0.25, -0.2) is 4.79 Å². The van der Waals surface area contributed by atoms with E-state index in [1.165, 1.54) is 0 Å². The van der Waals surface area contributed by atoms with Crippen LogP contribution in [0.2, 0.25) is 0 Å². The van der Waals surface area contributed by atoms with Crippen LogP contribution in [0.1, 0.15) is 40.0 Å². The standard InChI is InChI=1S/C41H78N10O17/c1-41(2,3)68-40(55)46-9-17-59-23-29-65-33-32-62-26-20-56-12-6-39(54)49-36(34-66-13-4-37(52)44-7-15-57-21-27-63-30-24-60-18-10-47-50-42)35-67-14-5-38(53)45-8-16-58-22-28-64-31-25-61-19-11-48-51-43/h36H,4-35H2,1-3H3,(H,44,52)(H,45,53)(H,46,55)(H,49,54). The van der Waals surface area contributed by atoms with E-state index in [0.29, 0.717) is 139 Å². The summed E-state index contributed by atoms with van der Waals surface area (Å²) >= 11 is 0. The third kappa shape index (κ3) is 51.2. The fourth-order valence-electron chi connectivity index (χ4n) is 4.76. The molecular formula is C41H78N10O17. The number of nitrogens with one attached hydrogen (secondary N) is 4. The van der Waals surface area contributed by atoms with Crippen LogP contribution in [-0.4, -0.2) is 227 Å². The smallest absolute Gasteiger partial charge is 0.407 e. The first-order valence-corrected chi connectivity index (χ1v) is 22.8. The van der Waals surface area contributed by atoms with Gasteiger partial charge in [0.1, 0.15) is 5.60 Å². The lowest BCUT2D eigenvalue weighted by molar-refractivity contribution is -0.126. The number of alkyl carbamates (subject to hydrolysis) is 1. The van der Waals surface area contributed by atoms with Crippen molar-refractivity contribution in [3.63, 3.8) is 0 Å². The number of hydrogen-bond donors (Lipinski definition) is 4. The van der Waals surface area contributed by atoms with Gasteiger partial charge in [0.05, 0.1) is 165 Å². The minimum absolute atomic E-state index is 0.0624. The fourth-order valence-corrected chi connectivity index (χ4v) is 4.76. The second-order valence-electron chi connectivity index (χ2n) is 14.8. The first-order valence-electron chi connectivity index (χ1n) is 22.8. The Morgan fingerprint density at radius 3 is 1.10 bits per heavy atom. The van der Waals surface area contributed by atoms with Crippen LogP contribution in [0.25, 0.3) is 20.9 Å². The molecule has 0 atom stereocenters. The maximum atomic E-state index is 12.8. The number of amides is 4. The quantitative estimate of drug-likeness (QED) is 0.0288. The highest BCUT2D eigenvalue weighted by Gasteiger charge is 2.16. The van der Waals surface area contributed by atoms with Crippen molar-refractivity contribution in [3.05, 3.63) is 20.9 Å². The van der Waals surface area contributed by atoms with Crippen LogP contribution < -0.4 is 21.3 Å². The SMILES string of the molecule is CC(C)(C)OC(=O)NCCOCCOCCOCCOCCC(=O)NC(COCCC(=O)NCCOCCOCCOCCN=[N+]=[N-])COCCC(=O)NCCOCCOCCOCCN=[N+]=[N-]. The summed E-state index contributed by atoms with van der Waals surface area (Å²) in [6, 6.07) is -0.559. The Morgan fingerprint density at radius 2 is 0.735 bits per heavy atom. The van der Waals surface area contributed by atoms with E-state index in [4.69, 9.17) is 72.6 Å². The number of carbonyl (C=O) groups is 4. The van der Waals surface area contributed by atoms with Crippen molar-refractivity contribution in [2.24, 2.45) is 10.2 Å². The molecule has 0 aromatic rings. The van der Waals surface area contributed by atoms with Crippen LogP contribution in [0.4, 0.5) is 4.79 Å². The number of ether oxygens (including phenoxy) is 13. The highest BCUT2D eigenvalue weighted by molar-refractivity contribution is 5.77. The third-order valence-electron chi connectivity index (χ3n) is 7.88. The molecule has 0 aromatic carbocycles. The largest absolute Gasteiger partial charge is 0.444 e. The topological polar surface area (TPSA) is 334 Å². The minimum Gasteiger partial charge on any atom is -0.444 e. The van der Waals surface area contributed by atoms with Crippen molar-refractivity contribution < 1.29 is 80.8 Å². The van der Waals surface area contributed by atoms with Crippen molar-refractivity contribution in [1.29, 1.82) is 0 Å². The van der Waals surface area contributed by atoms with Crippen LogP contribution in [0, 0.1) is 0 Å². The summed E-state index contributed by atoms with van der Waals surface area (Å²) in [7, 11) is 0. The van der Waals surface area contributed by atoms with Crippen molar-refractivity contribution in [2.45, 2.75) is 51.7 Å². The van der Waals surface area contributed by atoms with Gasteiger partial charge >= 0.3 is 6.09 Å². The minimum atomic E-state index is -0.559. The molecule has 0 bridgehead atoms. The van der Waals surface area contributed by atoms with E-state index in [1.807, 2.05) is 0 Å². The maximum absolute atomic E-state index is 12.8. The molecule has 4 amide bonds. The van der Waals surface area contributed by atoms with Crippen molar-refractivity contribution in [3.8, 4) is 0 Å². The van der Waals surface area contributed by atoms with Gasteiger partial charge in [-0.1, -0.05) is 10.2 Å². The van der Waals surface area contributed by atoms with Crippen LogP contribution in [0.15, 0.2) is 10.2 Å². The Hall–Kier alpha value is -4.18. The van der Waals surface area contributed by atoms with Gasteiger partial charge in [-0.05, 0) is 31.8 Å². The molecular weight excluding hydrogens is 905 g/mol. The summed E-state index contributed by atoms with van der Waals surface area (Å²) in [5.74, 6) is -0.753. The molecule has 0 aliphatic rings. The Kier molecular flexibility index (Phi) is 46.2. The van der Waals surface area contributed by atoms with Crippen LogP contribution in [-0.2, 0) is 76.0 Å². The van der Waals surface area contributed by atoms with E-state index in [-0.39, 0.29) is 89.7 Å². The highest BCUT2D eigenvalue weighted by atomic mass is 16.6. The van der Waals surface area contributed by atoms with E-state index in [0.717, 1.165) is 0 Å². The molecule has 0 fully saturated rings. The van der Waals surface area contributed by atoms with Crippen molar-refractivity contribution in [2.75, 3.05) is 191 Å². The third-order valence-corrected chi connectivity index (χ3v) is 7.88. The number of hydrogen-bond acceptors (Lipinski definition) is 19. The molecule has 394 valence electrons. The average molecular weight is 983 g/mol. The first-order chi connectivity index (χ1) is 33.1. The molecule has 0 spiro atoms. The molecule has 4 N–H and O–H groups in total. The summed E-state index contributed by atoms with van der Waals surface area (Å²) in [6.45, 7) is 13.9. The molecule has 0 saturated heterocycles. The fraction of sp³-hybridized carbons (Fsp3) is 0.902. The van der Waals surface area contributed by atoms with E-state index >= 15 is 0 Å². The molecule has 68 heavy (non-hydrogen) atoms. The summed E-state index contributed by atoms with van der Waals surface area (Å²) in [5.41, 5.74) is 15.9. The van der Waals surface area contributed by atoms with E-state index in [1.54, 1.807) is 20.8 Å².